The van der Waals surface area contributed by atoms with Crippen LogP contribution in [0.5, 0.6) is 0 Å². The Kier molecular flexibility index (Phi) is 4.92. The summed E-state index contributed by atoms with van der Waals surface area (Å²) < 4.78 is 28.8. The van der Waals surface area contributed by atoms with Gasteiger partial charge < -0.3 is 10.2 Å². The predicted octanol–water partition coefficient (Wildman–Crippen LogP) is 3.84. The van der Waals surface area contributed by atoms with Crippen molar-refractivity contribution in [2.45, 2.75) is 31.8 Å². The molecule has 4 rings (SSSR count). The fourth-order valence-corrected chi connectivity index (χ4v) is 4.25. The van der Waals surface area contributed by atoms with Crippen LogP contribution in [-0.2, 0) is 13.0 Å². The second-order valence-electron chi connectivity index (χ2n) is 6.92. The van der Waals surface area contributed by atoms with Crippen LogP contribution in [0.3, 0.4) is 0 Å². The third-order valence-corrected chi connectivity index (χ3v) is 5.89. The average Bonchev–Trinajstić information content (AvgIpc) is 3.26. The van der Waals surface area contributed by atoms with Gasteiger partial charge in [-0.15, -0.1) is 11.3 Å². The maximum absolute atomic E-state index is 13.6. The van der Waals surface area contributed by atoms with Gasteiger partial charge in [-0.05, 0) is 31.4 Å². The highest BCUT2D eigenvalue weighted by atomic mass is 32.1. The molecule has 1 aromatic carbocycles. The van der Waals surface area contributed by atoms with E-state index in [9.17, 15) is 8.78 Å². The zero-order valence-corrected chi connectivity index (χ0v) is 16.1. The zero-order valence-electron chi connectivity index (χ0n) is 15.2. The summed E-state index contributed by atoms with van der Waals surface area (Å²) in [6.07, 6.45) is 6.56. The van der Waals surface area contributed by atoms with E-state index in [4.69, 9.17) is 0 Å². The molecule has 8 heteroatoms. The minimum atomic E-state index is -0.596. The maximum Gasteiger partial charge on any atom is 0.185 e. The number of halogens is 2. The monoisotopic (exact) mass is 389 g/mol. The molecular formula is C19H21F2N5S. The average molecular weight is 389 g/mol. The van der Waals surface area contributed by atoms with Crippen LogP contribution in [0.2, 0.25) is 0 Å². The van der Waals surface area contributed by atoms with Crippen molar-refractivity contribution in [3.8, 4) is 5.69 Å². The van der Waals surface area contributed by atoms with Crippen LogP contribution >= 0.6 is 11.3 Å². The first-order valence-corrected chi connectivity index (χ1v) is 9.71. The fraction of sp³-hybridized carbons (Fsp3) is 0.368. The summed E-state index contributed by atoms with van der Waals surface area (Å²) in [5, 5.41) is 8.98. The van der Waals surface area contributed by atoms with Gasteiger partial charge in [0.15, 0.2) is 5.13 Å². The highest BCUT2D eigenvalue weighted by molar-refractivity contribution is 7.15. The topological polar surface area (TPSA) is 46.0 Å². The third kappa shape index (κ3) is 3.72. The molecule has 0 saturated carbocycles. The van der Waals surface area contributed by atoms with E-state index in [1.54, 1.807) is 16.0 Å². The summed E-state index contributed by atoms with van der Waals surface area (Å²) in [5.74, 6) is -1.19. The molecule has 0 spiro atoms. The second kappa shape index (κ2) is 7.36. The van der Waals surface area contributed by atoms with Gasteiger partial charge in [-0.2, -0.15) is 5.10 Å². The van der Waals surface area contributed by atoms with E-state index in [0.29, 0.717) is 5.69 Å². The molecule has 0 unspecified atom stereocenters. The lowest BCUT2D eigenvalue weighted by molar-refractivity contribution is 0.456. The normalized spacial score (nSPS) is 16.4. The molecule has 1 aliphatic rings. The van der Waals surface area contributed by atoms with Crippen molar-refractivity contribution < 1.29 is 8.78 Å². The summed E-state index contributed by atoms with van der Waals surface area (Å²) in [6, 6.07) is 3.67. The number of hydrogen-bond acceptors (Lipinski definition) is 5. The first-order valence-electron chi connectivity index (χ1n) is 8.90. The molecule has 0 bridgehead atoms. The largest absolute Gasteiger partial charge is 0.354 e. The summed E-state index contributed by atoms with van der Waals surface area (Å²) in [5.41, 5.74) is 2.54. The summed E-state index contributed by atoms with van der Waals surface area (Å²) in [4.78, 5) is 7.57. The van der Waals surface area contributed by atoms with Crippen molar-refractivity contribution in [1.29, 1.82) is 0 Å². The van der Waals surface area contributed by atoms with Crippen molar-refractivity contribution in [2.24, 2.45) is 0 Å². The van der Waals surface area contributed by atoms with Crippen LogP contribution in [-0.4, -0.2) is 28.9 Å². The number of rotatable bonds is 5. The molecule has 3 aromatic rings. The molecular weight excluding hydrogens is 368 g/mol. The number of hydrogen-bond donors (Lipinski definition) is 1. The second-order valence-corrected chi connectivity index (χ2v) is 8.01. The van der Waals surface area contributed by atoms with Crippen molar-refractivity contribution >= 4 is 16.5 Å². The van der Waals surface area contributed by atoms with E-state index in [0.717, 1.165) is 48.3 Å². The Labute approximate surface area is 160 Å². The number of nitrogens with zero attached hydrogens (tertiary/aromatic N) is 4. The molecule has 27 heavy (non-hydrogen) atoms. The van der Waals surface area contributed by atoms with Gasteiger partial charge in [-0.3, -0.25) is 0 Å². The zero-order chi connectivity index (χ0) is 19.0. The number of nitrogens with one attached hydrogen (secondary N) is 1. The van der Waals surface area contributed by atoms with Gasteiger partial charge in [0.05, 0.1) is 11.9 Å². The number of benzene rings is 1. The Morgan fingerprint density at radius 1 is 1.22 bits per heavy atom. The molecule has 0 radical (unpaired) electrons. The van der Waals surface area contributed by atoms with E-state index in [-0.39, 0.29) is 6.04 Å². The molecule has 0 fully saturated rings. The number of anilines is 1. The van der Waals surface area contributed by atoms with Gasteiger partial charge in [0.2, 0.25) is 0 Å². The number of fused-ring (bicyclic) bond motifs is 1. The first-order chi connectivity index (χ1) is 13.0. The van der Waals surface area contributed by atoms with Gasteiger partial charge in [0.1, 0.15) is 11.6 Å². The van der Waals surface area contributed by atoms with E-state index in [2.05, 4.69) is 15.4 Å². The van der Waals surface area contributed by atoms with Crippen LogP contribution in [0.4, 0.5) is 13.9 Å². The number of thiazole rings is 1. The highest BCUT2D eigenvalue weighted by Gasteiger charge is 2.25. The molecule has 0 saturated heterocycles. The lowest BCUT2D eigenvalue weighted by Gasteiger charge is -2.24. The smallest absolute Gasteiger partial charge is 0.185 e. The molecule has 0 amide bonds. The van der Waals surface area contributed by atoms with Crippen molar-refractivity contribution in [3.63, 3.8) is 0 Å². The van der Waals surface area contributed by atoms with Gasteiger partial charge in [0, 0.05) is 55.1 Å². The Morgan fingerprint density at radius 3 is 2.70 bits per heavy atom. The fourth-order valence-electron chi connectivity index (χ4n) is 3.46. The molecule has 5 nitrogen and oxygen atoms in total. The van der Waals surface area contributed by atoms with Gasteiger partial charge in [0.25, 0.3) is 0 Å². The molecule has 2 aromatic heterocycles. The molecule has 0 aliphatic heterocycles. The maximum atomic E-state index is 13.6. The highest BCUT2D eigenvalue weighted by Crippen LogP contribution is 2.32. The molecule has 1 N–H and O–H groups in total. The van der Waals surface area contributed by atoms with Gasteiger partial charge in [-0.25, -0.2) is 18.4 Å². The van der Waals surface area contributed by atoms with Crippen LogP contribution in [0.25, 0.3) is 5.69 Å². The molecule has 142 valence electrons. The van der Waals surface area contributed by atoms with Crippen molar-refractivity contribution in [1.82, 2.24) is 20.1 Å². The Hall–Kier alpha value is -2.32. The first kappa shape index (κ1) is 18.1. The molecule has 1 atom stereocenters. The van der Waals surface area contributed by atoms with Crippen LogP contribution in [0.15, 0.2) is 30.6 Å². The van der Waals surface area contributed by atoms with Crippen LogP contribution in [0.1, 0.15) is 35.0 Å². The quantitative estimate of drug-likeness (QED) is 0.720. The van der Waals surface area contributed by atoms with Gasteiger partial charge in [-0.1, -0.05) is 0 Å². The van der Waals surface area contributed by atoms with Crippen molar-refractivity contribution in [2.75, 3.05) is 19.0 Å². The lowest BCUT2D eigenvalue weighted by Crippen LogP contribution is -2.24. The minimum absolute atomic E-state index is 0.172. The third-order valence-electron chi connectivity index (χ3n) is 4.72. The lowest BCUT2D eigenvalue weighted by atomic mass is 9.93. The summed E-state index contributed by atoms with van der Waals surface area (Å²) >= 11 is 1.66. The predicted molar refractivity (Wildman–Crippen MR) is 102 cm³/mol. The summed E-state index contributed by atoms with van der Waals surface area (Å²) in [6.45, 7) is 0.732. The van der Waals surface area contributed by atoms with E-state index in [1.165, 1.54) is 17.0 Å². The van der Waals surface area contributed by atoms with Crippen LogP contribution < -0.4 is 10.2 Å². The van der Waals surface area contributed by atoms with E-state index >= 15 is 0 Å². The standard InChI is InChI=1S/C19H21F2N5S/c1-25(2)19-23-10-15(27-19)9-22-17-4-3-5-18-16(17)11-24-26(18)14-7-12(20)6-13(21)8-14/h6-8,10-11,17,22H,3-5,9H2,1-2H3/t17-/m0/s1. The van der Waals surface area contributed by atoms with Crippen LogP contribution in [0, 0.1) is 11.6 Å². The van der Waals surface area contributed by atoms with Gasteiger partial charge >= 0.3 is 0 Å². The molecule has 1 aliphatic carbocycles. The minimum Gasteiger partial charge on any atom is -0.354 e. The SMILES string of the molecule is CN(C)c1ncc(CN[C@H]2CCCc3c2cnn3-c2cc(F)cc(F)c2)s1. The Bertz CT molecular complexity index is 929. The Morgan fingerprint density at radius 2 is 2.00 bits per heavy atom. The van der Waals surface area contributed by atoms with E-state index in [1.807, 2.05) is 31.4 Å². The number of aromatic nitrogens is 3. The van der Waals surface area contributed by atoms with Crippen molar-refractivity contribution in [3.05, 3.63) is 58.4 Å². The Balaban J connectivity index is 1.54. The summed E-state index contributed by atoms with van der Waals surface area (Å²) in [7, 11) is 3.96. The molecule has 2 heterocycles. The van der Waals surface area contributed by atoms with E-state index < -0.39 is 11.6 Å².